The number of nitrogens with one attached hydrogen (secondary N) is 1. The highest BCUT2D eigenvalue weighted by molar-refractivity contribution is 5.73. The van der Waals surface area contributed by atoms with Crippen molar-refractivity contribution in [3.05, 3.63) is 27.7 Å². The molecular weight excluding hydrogens is 274 g/mol. The van der Waals surface area contributed by atoms with Crippen LogP contribution in [0.3, 0.4) is 0 Å². The fourth-order valence-corrected chi connectivity index (χ4v) is 1.36. The van der Waals surface area contributed by atoms with Crippen molar-refractivity contribution in [3.63, 3.8) is 0 Å². The maximum absolute atomic E-state index is 12.8. The molecule has 1 N–H and O–H groups in total. The second-order valence-electron chi connectivity index (χ2n) is 3.37. The summed E-state index contributed by atoms with van der Waals surface area (Å²) in [6.07, 6.45) is -5.10. The molecule has 0 amide bonds. The molecule has 1 rings (SSSR count). The monoisotopic (exact) mass is 283 g/mol. The number of carbonyl (C=O) groups excluding carboxylic acids is 1. The van der Waals surface area contributed by atoms with Crippen LogP contribution in [0.4, 0.5) is 17.6 Å². The molecule has 1 aromatic heterocycles. The minimum Gasteiger partial charge on any atom is -0.469 e. The van der Waals surface area contributed by atoms with Crippen LogP contribution in [-0.2, 0) is 22.6 Å². The number of pyridine rings is 1. The molecular formula is C10H9F4NO4. The van der Waals surface area contributed by atoms with Crippen molar-refractivity contribution >= 4 is 5.97 Å². The summed E-state index contributed by atoms with van der Waals surface area (Å²) in [4.78, 5) is 24.4. The zero-order valence-electron chi connectivity index (χ0n) is 9.64. The molecule has 0 saturated heterocycles. The smallest absolute Gasteiger partial charge is 0.469 e. The van der Waals surface area contributed by atoms with Crippen molar-refractivity contribution in [1.29, 1.82) is 0 Å². The van der Waals surface area contributed by atoms with Crippen molar-refractivity contribution in [2.24, 2.45) is 0 Å². The van der Waals surface area contributed by atoms with Gasteiger partial charge in [-0.2, -0.15) is 0 Å². The number of hydrogen-bond acceptors (Lipinski definition) is 4. The Hall–Kier alpha value is -2.06. The SMILES string of the molecule is COC(=O)Cc1c(CF)c(OC(F)(F)F)c[nH]c1=O. The maximum atomic E-state index is 12.8. The number of H-pyrrole nitrogens is 1. The van der Waals surface area contributed by atoms with Crippen LogP contribution in [-0.4, -0.2) is 24.4 Å². The van der Waals surface area contributed by atoms with Crippen LogP contribution in [0, 0.1) is 0 Å². The van der Waals surface area contributed by atoms with Gasteiger partial charge in [-0.25, -0.2) is 4.39 Å². The van der Waals surface area contributed by atoms with Gasteiger partial charge in [0.15, 0.2) is 5.75 Å². The Balaban J connectivity index is 3.25. The Kier molecular flexibility index (Phi) is 4.52. The fourth-order valence-electron chi connectivity index (χ4n) is 1.36. The van der Waals surface area contributed by atoms with Gasteiger partial charge in [-0.1, -0.05) is 0 Å². The first-order chi connectivity index (χ1) is 8.78. The number of hydrogen-bond donors (Lipinski definition) is 1. The zero-order chi connectivity index (χ0) is 14.6. The van der Waals surface area contributed by atoms with Crippen LogP contribution in [0.15, 0.2) is 11.0 Å². The molecule has 106 valence electrons. The van der Waals surface area contributed by atoms with Crippen molar-refractivity contribution in [3.8, 4) is 5.75 Å². The molecule has 0 aromatic carbocycles. The number of ether oxygens (including phenoxy) is 2. The lowest BCUT2D eigenvalue weighted by atomic mass is 10.1. The summed E-state index contributed by atoms with van der Waals surface area (Å²) in [5, 5.41) is 0. The first-order valence-electron chi connectivity index (χ1n) is 4.90. The van der Waals surface area contributed by atoms with Crippen molar-refractivity contribution in [2.45, 2.75) is 19.5 Å². The predicted octanol–water partition coefficient (Wildman–Crippen LogP) is 1.46. The van der Waals surface area contributed by atoms with Gasteiger partial charge in [0.1, 0.15) is 6.67 Å². The van der Waals surface area contributed by atoms with Crippen molar-refractivity contribution in [2.75, 3.05) is 7.11 Å². The summed E-state index contributed by atoms with van der Waals surface area (Å²) >= 11 is 0. The van der Waals surface area contributed by atoms with E-state index >= 15 is 0 Å². The van der Waals surface area contributed by atoms with E-state index in [0.29, 0.717) is 6.20 Å². The molecule has 0 bridgehead atoms. The van der Waals surface area contributed by atoms with E-state index in [0.717, 1.165) is 7.11 Å². The summed E-state index contributed by atoms with van der Waals surface area (Å²) in [5.41, 5.74) is -1.98. The topological polar surface area (TPSA) is 68.4 Å². The average molecular weight is 283 g/mol. The Morgan fingerprint density at radius 3 is 2.47 bits per heavy atom. The van der Waals surface area contributed by atoms with Gasteiger partial charge >= 0.3 is 12.3 Å². The fraction of sp³-hybridized carbons (Fsp3) is 0.400. The Bertz CT molecular complexity index is 523. The van der Waals surface area contributed by atoms with Gasteiger partial charge in [-0.3, -0.25) is 9.59 Å². The van der Waals surface area contributed by atoms with E-state index < -0.39 is 47.9 Å². The van der Waals surface area contributed by atoms with E-state index in [4.69, 9.17) is 0 Å². The average Bonchev–Trinajstić information content (AvgIpc) is 2.31. The summed E-state index contributed by atoms with van der Waals surface area (Å²) < 4.78 is 56.9. The summed E-state index contributed by atoms with van der Waals surface area (Å²) in [6, 6.07) is 0. The quantitative estimate of drug-likeness (QED) is 0.671. The first-order valence-corrected chi connectivity index (χ1v) is 4.90. The highest BCUT2D eigenvalue weighted by Gasteiger charge is 2.33. The van der Waals surface area contributed by atoms with Crippen LogP contribution < -0.4 is 10.3 Å². The van der Waals surface area contributed by atoms with Gasteiger partial charge in [0.2, 0.25) is 0 Å². The van der Waals surface area contributed by atoms with Gasteiger partial charge in [0, 0.05) is 17.3 Å². The van der Waals surface area contributed by atoms with E-state index in [1.807, 2.05) is 4.98 Å². The summed E-state index contributed by atoms with van der Waals surface area (Å²) in [6.45, 7) is -1.39. The second-order valence-corrected chi connectivity index (χ2v) is 3.37. The van der Waals surface area contributed by atoms with Crippen LogP contribution in [0.25, 0.3) is 0 Å². The predicted molar refractivity (Wildman–Crippen MR) is 54.3 cm³/mol. The summed E-state index contributed by atoms with van der Waals surface area (Å²) in [7, 11) is 1.03. The molecule has 19 heavy (non-hydrogen) atoms. The van der Waals surface area contributed by atoms with Crippen molar-refractivity contribution in [1.82, 2.24) is 4.98 Å². The lowest BCUT2D eigenvalue weighted by Gasteiger charge is -2.13. The van der Waals surface area contributed by atoms with E-state index in [9.17, 15) is 27.2 Å². The molecule has 0 radical (unpaired) electrons. The van der Waals surface area contributed by atoms with E-state index in [1.165, 1.54) is 0 Å². The lowest BCUT2D eigenvalue weighted by Crippen LogP contribution is -2.23. The Labute approximate surface area is 104 Å². The molecule has 9 heteroatoms. The third-order valence-corrected chi connectivity index (χ3v) is 2.18. The van der Waals surface area contributed by atoms with Crippen molar-refractivity contribution < 1.29 is 31.8 Å². The van der Waals surface area contributed by atoms with Gasteiger partial charge in [-0.15, -0.1) is 13.2 Å². The highest BCUT2D eigenvalue weighted by atomic mass is 19.4. The third-order valence-electron chi connectivity index (χ3n) is 2.18. The molecule has 0 saturated carbocycles. The molecule has 0 fully saturated rings. The molecule has 5 nitrogen and oxygen atoms in total. The highest BCUT2D eigenvalue weighted by Crippen LogP contribution is 2.27. The van der Waals surface area contributed by atoms with Gasteiger partial charge in [-0.05, 0) is 0 Å². The normalized spacial score (nSPS) is 11.2. The lowest BCUT2D eigenvalue weighted by molar-refractivity contribution is -0.275. The number of carbonyl (C=O) groups is 1. The Morgan fingerprint density at radius 1 is 1.37 bits per heavy atom. The molecule has 0 atom stereocenters. The number of methoxy groups -OCH3 is 1. The molecule has 0 spiro atoms. The van der Waals surface area contributed by atoms with Gasteiger partial charge in [0.25, 0.3) is 5.56 Å². The van der Waals surface area contributed by atoms with Crippen LogP contribution in [0.5, 0.6) is 5.75 Å². The van der Waals surface area contributed by atoms with Gasteiger partial charge in [0.05, 0.1) is 13.5 Å². The van der Waals surface area contributed by atoms with Crippen LogP contribution >= 0.6 is 0 Å². The number of halogens is 4. The molecule has 1 aromatic rings. The second kappa shape index (κ2) is 5.72. The number of aromatic nitrogens is 1. The zero-order valence-corrected chi connectivity index (χ0v) is 9.64. The number of esters is 1. The Morgan fingerprint density at radius 2 is 2.00 bits per heavy atom. The molecule has 0 aliphatic heterocycles. The van der Waals surface area contributed by atoms with E-state index in [-0.39, 0.29) is 0 Å². The van der Waals surface area contributed by atoms with Crippen LogP contribution in [0.1, 0.15) is 11.1 Å². The van der Waals surface area contributed by atoms with Crippen LogP contribution in [0.2, 0.25) is 0 Å². The molecule has 0 aliphatic carbocycles. The first kappa shape index (κ1) is 15.0. The third kappa shape index (κ3) is 3.97. The number of alkyl halides is 4. The van der Waals surface area contributed by atoms with Gasteiger partial charge < -0.3 is 14.5 Å². The standard InChI is InChI=1S/C10H9F4NO4/c1-18-8(16)2-5-6(3-11)7(4-15-9(5)17)19-10(12,13)14/h4H,2-3H2,1H3,(H,15,17). The minimum atomic E-state index is -5.04. The minimum absolute atomic E-state index is 0.462. The number of rotatable bonds is 4. The van der Waals surface area contributed by atoms with E-state index in [2.05, 4.69) is 9.47 Å². The molecule has 0 unspecified atom stereocenters. The molecule has 1 heterocycles. The molecule has 0 aliphatic rings. The number of aromatic amines is 1. The maximum Gasteiger partial charge on any atom is 0.573 e. The van der Waals surface area contributed by atoms with E-state index in [1.54, 1.807) is 0 Å². The largest absolute Gasteiger partial charge is 0.573 e. The summed E-state index contributed by atoms with van der Waals surface area (Å²) in [5.74, 6) is -1.78.